The summed E-state index contributed by atoms with van der Waals surface area (Å²) in [5.41, 5.74) is -2.32. The van der Waals surface area contributed by atoms with Crippen LogP contribution < -0.4 is 0 Å². The zero-order valence-electron chi connectivity index (χ0n) is 22.4. The van der Waals surface area contributed by atoms with E-state index in [0.717, 1.165) is 0 Å². The molecule has 0 bridgehead atoms. The second-order valence-electron chi connectivity index (χ2n) is 7.25. The summed E-state index contributed by atoms with van der Waals surface area (Å²) in [5.74, 6) is -2.60. The predicted octanol–water partition coefficient (Wildman–Crippen LogP) is 3.13. The van der Waals surface area contributed by atoms with E-state index < -0.39 is 52.5 Å². The van der Waals surface area contributed by atoms with E-state index >= 15 is 0 Å². The van der Waals surface area contributed by atoms with E-state index in [0.29, 0.717) is 0 Å². The van der Waals surface area contributed by atoms with Gasteiger partial charge in [-0.2, -0.15) is 0 Å². The molecule has 0 radical (unpaired) electrons. The molecule has 0 aromatic carbocycles. The largest absolute Gasteiger partial charge is 0.509 e. The summed E-state index contributed by atoms with van der Waals surface area (Å²) >= 11 is 15.3. The van der Waals surface area contributed by atoms with E-state index in [1.54, 1.807) is 0 Å². The highest BCUT2D eigenvalue weighted by molar-refractivity contribution is 6.61. The van der Waals surface area contributed by atoms with Gasteiger partial charge in [-0.05, 0) is 13.8 Å². The second kappa shape index (κ2) is 25.7. The molecule has 0 aliphatic heterocycles. The van der Waals surface area contributed by atoms with Crippen molar-refractivity contribution in [3.05, 3.63) is 0 Å². The van der Waals surface area contributed by atoms with Crippen LogP contribution in [-0.2, 0) is 52.3 Å². The zero-order chi connectivity index (χ0) is 31.0. The summed E-state index contributed by atoms with van der Waals surface area (Å²) in [5, 5.41) is 8.77. The highest BCUT2D eigenvalue weighted by Crippen LogP contribution is 2.05. The number of alkyl halides is 2. The number of aliphatic hydroxyl groups is 1. The van der Waals surface area contributed by atoms with Crippen LogP contribution >= 0.6 is 34.8 Å². The normalized spacial score (nSPS) is 11.3. The molecule has 39 heavy (non-hydrogen) atoms. The number of hydrogen-bond acceptors (Lipinski definition) is 14. The van der Waals surface area contributed by atoms with Gasteiger partial charge in [0.1, 0.15) is 19.8 Å². The number of rotatable bonds is 13. The molecule has 2 unspecified atom stereocenters. The quantitative estimate of drug-likeness (QED) is 0.135. The number of ether oxygens (including phenoxy) is 7. The van der Waals surface area contributed by atoms with Crippen molar-refractivity contribution < 1.29 is 67.0 Å². The van der Waals surface area contributed by atoms with E-state index in [1.165, 1.54) is 41.5 Å². The smallest absolute Gasteiger partial charge is 0.465 e. The van der Waals surface area contributed by atoms with Crippen LogP contribution in [0, 0.1) is 11.8 Å². The summed E-state index contributed by atoms with van der Waals surface area (Å²) < 4.78 is 32.2. The summed E-state index contributed by atoms with van der Waals surface area (Å²) in [6.07, 6.45) is -0.946. The Balaban J connectivity index is -0.000000558. The van der Waals surface area contributed by atoms with Gasteiger partial charge >= 0.3 is 35.5 Å². The monoisotopic (exact) mass is 628 g/mol. The molecule has 14 nitrogen and oxygen atoms in total. The Morgan fingerprint density at radius 3 is 1.13 bits per heavy atom. The second-order valence-corrected chi connectivity index (χ2v) is 8.78. The standard InChI is InChI=1S/C11H17ClO7.C8H14O5.C3H4Cl2O2/c1-7(12)19-11(15)18-6-10(4-16-8(2)13)5-17-9(3)14;1-6(10)12-4-8(3-9)5-13-7(2)11;1-2(4)7-3(5)6/h7,10H,4-6H2,1-3H3;8-9H,3-5H2,1-2H3;2H,1H3. The summed E-state index contributed by atoms with van der Waals surface area (Å²) in [6, 6.07) is 0. The van der Waals surface area contributed by atoms with Crippen LogP contribution in [0.15, 0.2) is 0 Å². The van der Waals surface area contributed by atoms with Gasteiger partial charge in [0.05, 0.1) is 31.7 Å². The molecule has 0 saturated carbocycles. The van der Waals surface area contributed by atoms with Crippen LogP contribution in [-0.4, -0.2) is 91.3 Å². The maximum absolute atomic E-state index is 11.1. The van der Waals surface area contributed by atoms with Gasteiger partial charge in [0.25, 0.3) is 0 Å². The molecule has 0 aromatic rings. The lowest BCUT2D eigenvalue weighted by atomic mass is 10.2. The predicted molar refractivity (Wildman–Crippen MR) is 136 cm³/mol. The van der Waals surface area contributed by atoms with Crippen molar-refractivity contribution in [3.63, 3.8) is 0 Å². The van der Waals surface area contributed by atoms with E-state index in [4.69, 9.17) is 54.1 Å². The molecule has 0 amide bonds. The Hall–Kier alpha value is -2.55. The summed E-state index contributed by atoms with van der Waals surface area (Å²) in [7, 11) is 0. The van der Waals surface area contributed by atoms with Gasteiger partial charge in [0.2, 0.25) is 0 Å². The fourth-order valence-electron chi connectivity index (χ4n) is 1.72. The molecule has 0 saturated heterocycles. The van der Waals surface area contributed by atoms with Crippen molar-refractivity contribution >= 4 is 70.3 Å². The minimum Gasteiger partial charge on any atom is -0.465 e. The highest BCUT2D eigenvalue weighted by atomic mass is 35.5. The SMILES string of the molecule is CC(=O)OCC(CO)COC(C)=O.CC(=O)OCC(COC(C)=O)COC(=O)OC(C)Cl.CC(Cl)OC(=O)Cl. The maximum Gasteiger partial charge on any atom is 0.509 e. The van der Waals surface area contributed by atoms with Gasteiger partial charge in [-0.1, -0.05) is 23.2 Å². The minimum absolute atomic E-state index is 0.0354. The molecule has 228 valence electrons. The maximum atomic E-state index is 11.1. The molecular formula is C22H35Cl3O14. The van der Waals surface area contributed by atoms with E-state index in [2.05, 4.69) is 18.9 Å². The van der Waals surface area contributed by atoms with Gasteiger partial charge in [-0.15, -0.1) is 0 Å². The molecule has 2 atom stereocenters. The Bertz CT molecular complexity index is 710. The van der Waals surface area contributed by atoms with Crippen molar-refractivity contribution in [1.82, 2.24) is 0 Å². The van der Waals surface area contributed by atoms with Crippen molar-refractivity contribution in [2.24, 2.45) is 11.8 Å². The molecule has 0 heterocycles. The fraction of sp³-hybridized carbons (Fsp3) is 0.727. The number of hydrogen-bond donors (Lipinski definition) is 1. The Morgan fingerprint density at radius 2 is 0.897 bits per heavy atom. The van der Waals surface area contributed by atoms with Crippen LogP contribution in [0.5, 0.6) is 0 Å². The third-order valence-electron chi connectivity index (χ3n) is 3.30. The lowest BCUT2D eigenvalue weighted by Gasteiger charge is -2.16. The van der Waals surface area contributed by atoms with Gasteiger partial charge in [-0.25, -0.2) is 9.59 Å². The van der Waals surface area contributed by atoms with Gasteiger partial charge in [0, 0.05) is 39.3 Å². The van der Waals surface area contributed by atoms with Crippen LogP contribution in [0.2, 0.25) is 0 Å². The third kappa shape index (κ3) is 37.7. The third-order valence-corrected chi connectivity index (χ3v) is 3.57. The molecule has 0 aliphatic carbocycles. The molecule has 0 aromatic heterocycles. The van der Waals surface area contributed by atoms with Gasteiger partial charge in [0.15, 0.2) is 11.1 Å². The van der Waals surface area contributed by atoms with E-state index in [9.17, 15) is 28.8 Å². The minimum atomic E-state index is -0.946. The fourth-order valence-corrected chi connectivity index (χ4v) is 2.05. The molecule has 0 spiro atoms. The Kier molecular flexibility index (Phi) is 27.0. The van der Waals surface area contributed by atoms with Crippen LogP contribution in [0.1, 0.15) is 41.5 Å². The summed E-state index contributed by atoms with van der Waals surface area (Å²) in [4.78, 5) is 63.0. The molecular weight excluding hydrogens is 595 g/mol. The first-order valence-electron chi connectivity index (χ1n) is 11.1. The van der Waals surface area contributed by atoms with Crippen LogP contribution in [0.3, 0.4) is 0 Å². The topological polar surface area (TPSA) is 187 Å². The van der Waals surface area contributed by atoms with E-state index in [1.807, 2.05) is 0 Å². The van der Waals surface area contributed by atoms with Crippen molar-refractivity contribution in [2.75, 3.05) is 39.6 Å². The molecule has 1 N–H and O–H groups in total. The first kappa shape index (κ1) is 40.9. The van der Waals surface area contributed by atoms with Crippen LogP contribution in [0.25, 0.3) is 0 Å². The number of carbonyl (C=O) groups is 6. The molecule has 0 rings (SSSR count). The molecule has 0 aliphatic rings. The average molecular weight is 630 g/mol. The van der Waals surface area contributed by atoms with Crippen molar-refractivity contribution in [1.29, 1.82) is 0 Å². The number of aliphatic hydroxyl groups excluding tert-OH is 1. The molecule has 17 heteroatoms. The average Bonchev–Trinajstić information content (AvgIpc) is 2.77. The first-order valence-corrected chi connectivity index (χ1v) is 12.4. The van der Waals surface area contributed by atoms with Crippen LogP contribution in [0.4, 0.5) is 9.59 Å². The highest BCUT2D eigenvalue weighted by Gasteiger charge is 2.17. The lowest BCUT2D eigenvalue weighted by molar-refractivity contribution is -0.149. The molecule has 0 fully saturated rings. The first-order chi connectivity index (χ1) is 18.0. The Morgan fingerprint density at radius 1 is 0.590 bits per heavy atom. The van der Waals surface area contributed by atoms with Gasteiger partial charge < -0.3 is 38.3 Å². The lowest BCUT2D eigenvalue weighted by Crippen LogP contribution is -2.26. The number of halogens is 3. The number of carbonyl (C=O) groups excluding carboxylic acids is 6. The van der Waals surface area contributed by atoms with Crippen molar-refractivity contribution in [2.45, 2.75) is 52.7 Å². The van der Waals surface area contributed by atoms with E-state index in [-0.39, 0.29) is 45.6 Å². The van der Waals surface area contributed by atoms with Gasteiger partial charge in [-0.3, -0.25) is 19.2 Å². The Labute approximate surface area is 241 Å². The number of esters is 4. The summed E-state index contributed by atoms with van der Waals surface area (Å²) in [6.45, 7) is 7.77. The zero-order valence-corrected chi connectivity index (χ0v) is 24.7. The van der Waals surface area contributed by atoms with Crippen molar-refractivity contribution in [3.8, 4) is 0 Å².